The van der Waals surface area contributed by atoms with Crippen molar-refractivity contribution >= 4 is 0 Å². The molecule has 0 nitrogen and oxygen atoms in total. The van der Waals surface area contributed by atoms with Gasteiger partial charge in [0.25, 0.3) is 0 Å². The smallest absolute Gasteiger partial charge is 0.0259 e. The second kappa shape index (κ2) is 5.28. The Balaban J connectivity index is 3.86. The second-order valence-electron chi connectivity index (χ2n) is 2.96. The highest BCUT2D eigenvalue weighted by atomic mass is 14.0. The van der Waals surface area contributed by atoms with Gasteiger partial charge in [-0.05, 0) is 26.2 Å². The Morgan fingerprint density at radius 3 is 2.20 bits per heavy atom. The van der Waals surface area contributed by atoms with E-state index in [1.807, 2.05) is 0 Å². The molecule has 0 unspecified atom stereocenters. The highest BCUT2D eigenvalue weighted by Gasteiger charge is 1.94. The molecule has 0 aliphatic rings. The van der Waals surface area contributed by atoms with Crippen LogP contribution in [0.25, 0.3) is 0 Å². The SMILES string of the molecule is CC=CC(=CC)CC(C)C. The van der Waals surface area contributed by atoms with E-state index >= 15 is 0 Å². The Labute approximate surface area is 64.6 Å². The van der Waals surface area contributed by atoms with E-state index in [0.717, 1.165) is 5.92 Å². The minimum atomic E-state index is 0.766. The van der Waals surface area contributed by atoms with Crippen molar-refractivity contribution in [3.8, 4) is 0 Å². The molecule has 0 aliphatic heterocycles. The van der Waals surface area contributed by atoms with Crippen LogP contribution >= 0.6 is 0 Å². The van der Waals surface area contributed by atoms with Crippen LogP contribution < -0.4 is 0 Å². The van der Waals surface area contributed by atoms with Gasteiger partial charge in [0.1, 0.15) is 0 Å². The fraction of sp³-hybridized carbons (Fsp3) is 0.600. The van der Waals surface area contributed by atoms with Crippen LogP contribution in [0.4, 0.5) is 0 Å². The van der Waals surface area contributed by atoms with Gasteiger partial charge in [0.15, 0.2) is 0 Å². The van der Waals surface area contributed by atoms with Gasteiger partial charge in [-0.15, -0.1) is 0 Å². The molecule has 10 heavy (non-hydrogen) atoms. The van der Waals surface area contributed by atoms with Gasteiger partial charge in [-0.1, -0.05) is 37.6 Å². The Bertz CT molecular complexity index is 127. The predicted octanol–water partition coefficient (Wildman–Crippen LogP) is 3.55. The first-order valence-electron chi connectivity index (χ1n) is 3.98. The summed E-state index contributed by atoms with van der Waals surface area (Å²) in [6.45, 7) is 8.64. The third kappa shape index (κ3) is 4.37. The van der Waals surface area contributed by atoms with Crippen LogP contribution in [0.15, 0.2) is 23.8 Å². The third-order valence-electron chi connectivity index (χ3n) is 1.40. The third-order valence-corrected chi connectivity index (χ3v) is 1.40. The lowest BCUT2D eigenvalue weighted by molar-refractivity contribution is 0.649. The van der Waals surface area contributed by atoms with Crippen LogP contribution in [0.3, 0.4) is 0 Å². The molecule has 0 aromatic heterocycles. The van der Waals surface area contributed by atoms with E-state index < -0.39 is 0 Å². The molecular formula is C10H18. The second-order valence-corrected chi connectivity index (χ2v) is 2.96. The highest BCUT2D eigenvalue weighted by molar-refractivity contribution is 5.17. The van der Waals surface area contributed by atoms with Crippen molar-refractivity contribution in [3.63, 3.8) is 0 Å². The minimum Gasteiger partial charge on any atom is -0.0874 e. The zero-order valence-corrected chi connectivity index (χ0v) is 7.52. The first-order chi connectivity index (χ1) is 4.70. The van der Waals surface area contributed by atoms with Gasteiger partial charge >= 0.3 is 0 Å². The lowest BCUT2D eigenvalue weighted by Crippen LogP contribution is -1.88. The van der Waals surface area contributed by atoms with Crippen LogP contribution in [-0.2, 0) is 0 Å². The van der Waals surface area contributed by atoms with Gasteiger partial charge in [0.2, 0.25) is 0 Å². The summed E-state index contributed by atoms with van der Waals surface area (Å²) in [4.78, 5) is 0. The van der Waals surface area contributed by atoms with E-state index in [0.29, 0.717) is 0 Å². The molecule has 0 fully saturated rings. The molecule has 0 radical (unpaired) electrons. The Morgan fingerprint density at radius 1 is 1.30 bits per heavy atom. The largest absolute Gasteiger partial charge is 0.0874 e. The summed E-state index contributed by atoms with van der Waals surface area (Å²) in [5.74, 6) is 0.766. The van der Waals surface area contributed by atoms with Gasteiger partial charge < -0.3 is 0 Å². The first-order valence-corrected chi connectivity index (χ1v) is 3.98. The zero-order valence-electron chi connectivity index (χ0n) is 7.52. The Kier molecular flexibility index (Phi) is 5.00. The summed E-state index contributed by atoms with van der Waals surface area (Å²) in [5, 5.41) is 0. The van der Waals surface area contributed by atoms with Gasteiger partial charge in [-0.2, -0.15) is 0 Å². The highest BCUT2D eigenvalue weighted by Crippen LogP contribution is 2.11. The summed E-state index contributed by atoms with van der Waals surface area (Å²) >= 11 is 0. The molecule has 0 saturated heterocycles. The van der Waals surface area contributed by atoms with E-state index in [1.54, 1.807) is 0 Å². The lowest BCUT2D eigenvalue weighted by atomic mass is 10.0. The van der Waals surface area contributed by atoms with E-state index in [4.69, 9.17) is 0 Å². The average molecular weight is 138 g/mol. The van der Waals surface area contributed by atoms with Crippen LogP contribution in [-0.4, -0.2) is 0 Å². The van der Waals surface area contributed by atoms with E-state index in [-0.39, 0.29) is 0 Å². The maximum absolute atomic E-state index is 2.24. The topological polar surface area (TPSA) is 0 Å². The average Bonchev–Trinajstić information content (AvgIpc) is 1.86. The monoisotopic (exact) mass is 138 g/mol. The molecule has 0 aromatic carbocycles. The van der Waals surface area contributed by atoms with Gasteiger partial charge in [0, 0.05) is 0 Å². The van der Waals surface area contributed by atoms with Crippen molar-refractivity contribution in [2.24, 2.45) is 5.92 Å². The molecule has 58 valence electrons. The van der Waals surface area contributed by atoms with Crippen LogP contribution in [0.2, 0.25) is 0 Å². The summed E-state index contributed by atoms with van der Waals surface area (Å²) < 4.78 is 0. The molecule has 0 amide bonds. The van der Waals surface area contributed by atoms with Gasteiger partial charge in [-0.25, -0.2) is 0 Å². The maximum Gasteiger partial charge on any atom is -0.0259 e. The molecule has 0 spiro atoms. The molecule has 0 atom stereocenters. The number of allylic oxidation sites excluding steroid dienone is 4. The van der Waals surface area contributed by atoms with Crippen molar-refractivity contribution in [2.45, 2.75) is 34.1 Å². The quantitative estimate of drug-likeness (QED) is 0.523. The van der Waals surface area contributed by atoms with Crippen LogP contribution in [0.5, 0.6) is 0 Å². The molecular weight excluding hydrogens is 120 g/mol. The van der Waals surface area contributed by atoms with E-state index in [1.165, 1.54) is 12.0 Å². The van der Waals surface area contributed by atoms with Crippen molar-refractivity contribution in [3.05, 3.63) is 23.8 Å². The molecule has 0 rings (SSSR count). The first kappa shape index (κ1) is 9.48. The predicted molar refractivity (Wildman–Crippen MR) is 48.0 cm³/mol. The molecule has 0 aliphatic carbocycles. The minimum absolute atomic E-state index is 0.766. The van der Waals surface area contributed by atoms with Crippen molar-refractivity contribution in [2.75, 3.05) is 0 Å². The molecule has 0 heteroatoms. The normalized spacial score (nSPS) is 13.5. The van der Waals surface area contributed by atoms with Gasteiger partial charge in [0.05, 0.1) is 0 Å². The van der Waals surface area contributed by atoms with Crippen molar-refractivity contribution in [1.82, 2.24) is 0 Å². The standard InChI is InChI=1S/C10H18/c1-5-7-10(6-2)8-9(3)4/h5-7,9H,8H2,1-4H3. The lowest BCUT2D eigenvalue weighted by Gasteiger charge is -2.03. The fourth-order valence-corrected chi connectivity index (χ4v) is 0.968. The fourth-order valence-electron chi connectivity index (χ4n) is 0.968. The number of hydrogen-bond donors (Lipinski definition) is 0. The molecule has 0 heterocycles. The van der Waals surface area contributed by atoms with Crippen molar-refractivity contribution < 1.29 is 0 Å². The van der Waals surface area contributed by atoms with E-state index in [9.17, 15) is 0 Å². The number of hydrogen-bond acceptors (Lipinski definition) is 0. The summed E-state index contributed by atoms with van der Waals surface area (Å²) in [5.41, 5.74) is 1.44. The van der Waals surface area contributed by atoms with Gasteiger partial charge in [-0.3, -0.25) is 0 Å². The summed E-state index contributed by atoms with van der Waals surface area (Å²) in [7, 11) is 0. The summed E-state index contributed by atoms with van der Waals surface area (Å²) in [6, 6.07) is 0. The Morgan fingerprint density at radius 2 is 1.90 bits per heavy atom. The number of rotatable bonds is 3. The molecule has 0 aromatic rings. The molecule has 0 N–H and O–H groups in total. The maximum atomic E-state index is 2.24. The van der Waals surface area contributed by atoms with E-state index in [2.05, 4.69) is 45.9 Å². The van der Waals surface area contributed by atoms with Crippen LogP contribution in [0.1, 0.15) is 34.1 Å². The summed E-state index contributed by atoms with van der Waals surface area (Å²) in [6.07, 6.45) is 7.65. The Hall–Kier alpha value is -0.520. The van der Waals surface area contributed by atoms with Crippen LogP contribution in [0, 0.1) is 5.92 Å². The zero-order chi connectivity index (χ0) is 7.98. The van der Waals surface area contributed by atoms with Crippen molar-refractivity contribution in [1.29, 1.82) is 0 Å². The molecule has 0 bridgehead atoms. The molecule has 0 saturated carbocycles.